The molecule has 2 N–H and O–H groups in total. The molecule has 154 valence electrons. The van der Waals surface area contributed by atoms with E-state index in [0.29, 0.717) is 32.3 Å². The Bertz CT molecular complexity index is 1020. The number of aryl methyl sites for hydroxylation is 1. The van der Waals surface area contributed by atoms with Crippen LogP contribution in [-0.4, -0.2) is 44.9 Å². The van der Waals surface area contributed by atoms with Gasteiger partial charge in [-0.2, -0.15) is 0 Å². The Morgan fingerprint density at radius 3 is 2.86 bits per heavy atom. The lowest BCUT2D eigenvalue weighted by molar-refractivity contribution is -0.952. The van der Waals surface area contributed by atoms with Gasteiger partial charge in [-0.3, -0.25) is 4.79 Å². The number of ether oxygens (including phenoxy) is 1. The molecule has 3 aromatic rings. The van der Waals surface area contributed by atoms with Crippen LogP contribution in [0.15, 0.2) is 29.1 Å². The standard InChI is InChI=1S/C21H28N6O2/c1-15-7-8-16-12-17(21(28)22-19(16)11-15)13-26(18-5-3-4-6-18)14-20-23-24-25-27(20)9-10-29-2/h7-8,11-12,18H,3-6,9-10,13-14H2,1-2H3,(H,22,28)/p+1. The van der Waals surface area contributed by atoms with Gasteiger partial charge < -0.3 is 14.6 Å². The fraction of sp³-hybridized carbons (Fsp3) is 0.524. The molecule has 1 aliphatic carbocycles. The minimum atomic E-state index is -0.00225. The largest absolute Gasteiger partial charge is 0.383 e. The number of methoxy groups -OCH3 is 1. The zero-order valence-electron chi connectivity index (χ0n) is 17.1. The van der Waals surface area contributed by atoms with E-state index in [-0.39, 0.29) is 5.56 Å². The van der Waals surface area contributed by atoms with Gasteiger partial charge in [0.05, 0.1) is 24.8 Å². The van der Waals surface area contributed by atoms with Gasteiger partial charge in [0.1, 0.15) is 13.1 Å². The van der Waals surface area contributed by atoms with Crippen LogP contribution in [0.2, 0.25) is 0 Å². The highest BCUT2D eigenvalue weighted by Gasteiger charge is 2.29. The number of quaternary nitrogens is 1. The fourth-order valence-corrected chi connectivity index (χ4v) is 4.33. The van der Waals surface area contributed by atoms with Crippen LogP contribution in [-0.2, 0) is 24.4 Å². The van der Waals surface area contributed by atoms with Gasteiger partial charge in [-0.05, 0) is 66.1 Å². The van der Waals surface area contributed by atoms with Crippen molar-refractivity contribution in [2.45, 2.75) is 58.3 Å². The van der Waals surface area contributed by atoms with E-state index in [9.17, 15) is 4.79 Å². The predicted molar refractivity (Wildman–Crippen MR) is 110 cm³/mol. The molecule has 1 aliphatic rings. The molecule has 1 saturated carbocycles. The number of hydrogen-bond donors (Lipinski definition) is 2. The predicted octanol–water partition coefficient (Wildman–Crippen LogP) is 0.997. The molecule has 0 bridgehead atoms. The summed E-state index contributed by atoms with van der Waals surface area (Å²) in [6, 6.07) is 8.74. The molecule has 0 radical (unpaired) electrons. The molecule has 1 atom stereocenters. The summed E-state index contributed by atoms with van der Waals surface area (Å²) in [5.41, 5.74) is 2.85. The maximum Gasteiger partial charge on any atom is 0.257 e. The average molecular weight is 398 g/mol. The van der Waals surface area contributed by atoms with Gasteiger partial charge in [0, 0.05) is 12.6 Å². The summed E-state index contributed by atoms with van der Waals surface area (Å²) in [7, 11) is 1.67. The van der Waals surface area contributed by atoms with Crippen molar-refractivity contribution >= 4 is 10.9 Å². The summed E-state index contributed by atoms with van der Waals surface area (Å²) in [5, 5.41) is 13.3. The number of nitrogens with one attached hydrogen (secondary N) is 2. The number of rotatable bonds is 8. The second kappa shape index (κ2) is 8.84. The number of pyridine rings is 1. The number of nitrogens with zero attached hydrogens (tertiary/aromatic N) is 4. The highest BCUT2D eigenvalue weighted by molar-refractivity contribution is 5.79. The van der Waals surface area contributed by atoms with Crippen molar-refractivity contribution in [2.75, 3.05) is 13.7 Å². The van der Waals surface area contributed by atoms with Gasteiger partial charge in [-0.15, -0.1) is 5.10 Å². The summed E-state index contributed by atoms with van der Waals surface area (Å²) >= 11 is 0. The Labute approximate surface area is 169 Å². The topological polar surface area (TPSA) is 90.1 Å². The van der Waals surface area contributed by atoms with E-state index < -0.39 is 0 Å². The third kappa shape index (κ3) is 4.54. The maximum absolute atomic E-state index is 12.8. The second-order valence-electron chi connectivity index (χ2n) is 8.02. The van der Waals surface area contributed by atoms with E-state index in [1.165, 1.54) is 30.6 Å². The Morgan fingerprint density at radius 1 is 1.24 bits per heavy atom. The molecule has 1 fully saturated rings. The Balaban J connectivity index is 1.60. The molecular weight excluding hydrogens is 368 g/mol. The van der Waals surface area contributed by atoms with Gasteiger partial charge >= 0.3 is 0 Å². The van der Waals surface area contributed by atoms with E-state index >= 15 is 0 Å². The first-order valence-corrected chi connectivity index (χ1v) is 10.3. The number of aromatic amines is 1. The van der Waals surface area contributed by atoms with E-state index in [2.05, 4.69) is 32.6 Å². The maximum atomic E-state index is 12.8. The van der Waals surface area contributed by atoms with Crippen LogP contribution in [0.3, 0.4) is 0 Å². The monoisotopic (exact) mass is 397 g/mol. The van der Waals surface area contributed by atoms with Gasteiger partial charge in [0.15, 0.2) is 0 Å². The number of benzene rings is 1. The smallest absolute Gasteiger partial charge is 0.257 e. The SMILES string of the molecule is COCCn1nnnc1C[NH+](Cc1cc2ccc(C)cc2[nH]c1=O)C1CCCC1. The number of hydrogen-bond acceptors (Lipinski definition) is 5. The van der Waals surface area contributed by atoms with Crippen LogP contribution in [0.1, 0.15) is 42.6 Å². The molecule has 29 heavy (non-hydrogen) atoms. The quantitative estimate of drug-likeness (QED) is 0.592. The molecule has 0 saturated heterocycles. The van der Waals surface area contributed by atoms with Crippen molar-refractivity contribution in [1.29, 1.82) is 0 Å². The molecule has 2 aromatic heterocycles. The van der Waals surface area contributed by atoms with Crippen LogP contribution in [0.25, 0.3) is 10.9 Å². The zero-order chi connectivity index (χ0) is 20.2. The number of H-pyrrole nitrogens is 1. The third-order valence-corrected chi connectivity index (χ3v) is 5.93. The van der Waals surface area contributed by atoms with Crippen molar-refractivity contribution in [3.05, 3.63) is 51.6 Å². The van der Waals surface area contributed by atoms with Crippen molar-refractivity contribution in [2.24, 2.45) is 0 Å². The lowest BCUT2D eigenvalue weighted by Gasteiger charge is -2.25. The van der Waals surface area contributed by atoms with Gasteiger partial charge in [-0.1, -0.05) is 12.1 Å². The number of aromatic nitrogens is 5. The van der Waals surface area contributed by atoms with Crippen LogP contribution in [0.5, 0.6) is 0 Å². The summed E-state index contributed by atoms with van der Waals surface area (Å²) in [5.74, 6) is 0.844. The van der Waals surface area contributed by atoms with E-state index in [1.54, 1.807) is 7.11 Å². The first kappa shape index (κ1) is 19.7. The molecule has 0 amide bonds. The van der Waals surface area contributed by atoms with Crippen molar-refractivity contribution in [3.63, 3.8) is 0 Å². The lowest BCUT2D eigenvalue weighted by Crippen LogP contribution is -3.13. The summed E-state index contributed by atoms with van der Waals surface area (Å²) in [6.07, 6.45) is 4.85. The Morgan fingerprint density at radius 2 is 2.07 bits per heavy atom. The van der Waals surface area contributed by atoms with Crippen LogP contribution in [0.4, 0.5) is 0 Å². The van der Waals surface area contributed by atoms with Crippen molar-refractivity contribution in [3.8, 4) is 0 Å². The van der Waals surface area contributed by atoms with Gasteiger partial charge in [0.25, 0.3) is 5.56 Å². The fourth-order valence-electron chi connectivity index (χ4n) is 4.33. The summed E-state index contributed by atoms with van der Waals surface area (Å²) in [6.45, 7) is 4.60. The van der Waals surface area contributed by atoms with Crippen LogP contribution < -0.4 is 10.5 Å². The molecule has 1 aromatic carbocycles. The van der Waals surface area contributed by atoms with Gasteiger partial charge in [-0.25, -0.2) is 4.68 Å². The molecule has 0 aliphatic heterocycles. The lowest BCUT2D eigenvalue weighted by atomic mass is 10.1. The van der Waals surface area contributed by atoms with Gasteiger partial charge in [0.2, 0.25) is 5.82 Å². The Kier molecular flexibility index (Phi) is 6.01. The third-order valence-electron chi connectivity index (χ3n) is 5.93. The van der Waals surface area contributed by atoms with Crippen molar-refractivity contribution < 1.29 is 9.64 Å². The van der Waals surface area contributed by atoms with Crippen LogP contribution >= 0.6 is 0 Å². The number of tetrazole rings is 1. The van der Waals surface area contributed by atoms with Crippen LogP contribution in [0, 0.1) is 6.92 Å². The highest BCUT2D eigenvalue weighted by atomic mass is 16.5. The molecule has 2 heterocycles. The molecule has 1 unspecified atom stereocenters. The summed E-state index contributed by atoms with van der Waals surface area (Å²) < 4.78 is 6.98. The molecular formula is C21H29N6O2+. The molecule has 0 spiro atoms. The zero-order valence-corrected chi connectivity index (χ0v) is 17.1. The molecule has 8 nitrogen and oxygen atoms in total. The van der Waals surface area contributed by atoms with E-state index in [0.717, 1.165) is 27.9 Å². The summed E-state index contributed by atoms with van der Waals surface area (Å²) in [4.78, 5) is 17.2. The van der Waals surface area contributed by atoms with E-state index in [1.807, 2.05) is 23.7 Å². The molecule has 4 rings (SSSR count). The average Bonchev–Trinajstić information content (AvgIpc) is 3.38. The minimum absolute atomic E-state index is 0.00225. The molecule has 8 heteroatoms. The first-order valence-electron chi connectivity index (χ1n) is 10.3. The highest BCUT2D eigenvalue weighted by Crippen LogP contribution is 2.17. The van der Waals surface area contributed by atoms with Crippen molar-refractivity contribution in [1.82, 2.24) is 25.2 Å². The second-order valence-corrected chi connectivity index (χ2v) is 8.02. The number of fused-ring (bicyclic) bond motifs is 1. The first-order chi connectivity index (χ1) is 14.1. The normalized spacial score (nSPS) is 15.9. The Hall–Kier alpha value is -2.58. The minimum Gasteiger partial charge on any atom is -0.383 e. The van der Waals surface area contributed by atoms with E-state index in [4.69, 9.17) is 4.74 Å².